The Hall–Kier alpha value is -2.37. The number of anilines is 1. The van der Waals surface area contributed by atoms with Crippen molar-refractivity contribution >= 4 is 23.3 Å². The molecule has 0 aliphatic carbocycles. The third kappa shape index (κ3) is 2.81. The van der Waals surface area contributed by atoms with Gasteiger partial charge in [-0.2, -0.15) is 5.10 Å². The van der Waals surface area contributed by atoms with Gasteiger partial charge in [-0.25, -0.2) is 14.6 Å². The fourth-order valence-corrected chi connectivity index (χ4v) is 2.58. The predicted octanol–water partition coefficient (Wildman–Crippen LogP) is 2.28. The van der Waals surface area contributed by atoms with E-state index >= 15 is 0 Å². The number of nitrogens with zero attached hydrogens (tertiary/aromatic N) is 2. The number of benzene rings is 1. The van der Waals surface area contributed by atoms with Crippen molar-refractivity contribution in [2.75, 3.05) is 11.6 Å². The van der Waals surface area contributed by atoms with Gasteiger partial charge in [0.05, 0.1) is 12.3 Å². The van der Waals surface area contributed by atoms with Gasteiger partial charge in [0.2, 0.25) is 0 Å². The Bertz CT molecular complexity index is 633. The highest BCUT2D eigenvalue weighted by atomic mass is 16.5. The first-order chi connectivity index (χ1) is 10.3. The Morgan fingerprint density at radius 2 is 1.91 bits per heavy atom. The van der Waals surface area contributed by atoms with Gasteiger partial charge >= 0.3 is 11.9 Å². The predicted molar refractivity (Wildman–Crippen MR) is 83.1 cm³/mol. The molecule has 1 atom stereocenters. The summed E-state index contributed by atoms with van der Waals surface area (Å²) in [5.74, 6) is -1.60. The molecule has 2 rings (SSSR count). The fourth-order valence-electron chi connectivity index (χ4n) is 2.58. The van der Waals surface area contributed by atoms with E-state index in [-0.39, 0.29) is 18.7 Å². The van der Waals surface area contributed by atoms with Crippen LogP contribution >= 0.6 is 0 Å². The Balaban J connectivity index is 2.47. The molecule has 1 heterocycles. The average molecular weight is 304 g/mol. The van der Waals surface area contributed by atoms with E-state index in [0.29, 0.717) is 5.69 Å². The molecule has 6 nitrogen and oxygen atoms in total. The lowest BCUT2D eigenvalue weighted by Crippen LogP contribution is -2.47. The van der Waals surface area contributed by atoms with Crippen LogP contribution in [0.5, 0.6) is 0 Å². The van der Waals surface area contributed by atoms with Crippen molar-refractivity contribution in [1.29, 1.82) is 0 Å². The van der Waals surface area contributed by atoms with Crippen LogP contribution in [-0.4, -0.2) is 34.9 Å². The van der Waals surface area contributed by atoms with Gasteiger partial charge in [0, 0.05) is 6.42 Å². The van der Waals surface area contributed by atoms with E-state index in [2.05, 4.69) is 5.10 Å². The fraction of sp³-hybridized carbons (Fsp3) is 0.438. The summed E-state index contributed by atoms with van der Waals surface area (Å²) in [6.07, 6.45) is 0.00809. The molecule has 0 unspecified atom stereocenters. The van der Waals surface area contributed by atoms with Crippen LogP contribution in [0.15, 0.2) is 23.3 Å². The van der Waals surface area contributed by atoms with Gasteiger partial charge in [-0.1, -0.05) is 6.07 Å². The summed E-state index contributed by atoms with van der Waals surface area (Å²) in [6, 6.07) is 5.70. The summed E-state index contributed by atoms with van der Waals surface area (Å²) >= 11 is 0. The second kappa shape index (κ2) is 5.79. The highest BCUT2D eigenvalue weighted by Crippen LogP contribution is 2.34. The lowest BCUT2D eigenvalue weighted by Gasteiger charge is -2.30. The standard InChI is InChI=1S/C16H20N2O4/c1-5-22-14(19)13-9-16(4,15(20)21)18(17-13)12-7-10(2)6-11(3)8-12/h6-8H,5,9H2,1-4H3,(H,20,21)/t16-/m0/s1. The topological polar surface area (TPSA) is 79.2 Å². The molecular formula is C16H20N2O4. The van der Waals surface area contributed by atoms with Gasteiger partial charge in [0.25, 0.3) is 0 Å². The number of aliphatic carboxylic acids is 1. The van der Waals surface area contributed by atoms with Gasteiger partial charge in [0.1, 0.15) is 5.71 Å². The van der Waals surface area contributed by atoms with Crippen molar-refractivity contribution in [2.45, 2.75) is 39.7 Å². The molecule has 0 fully saturated rings. The highest BCUT2D eigenvalue weighted by Gasteiger charge is 2.48. The summed E-state index contributed by atoms with van der Waals surface area (Å²) in [5, 5.41) is 15.2. The highest BCUT2D eigenvalue weighted by molar-refractivity contribution is 6.38. The van der Waals surface area contributed by atoms with E-state index in [4.69, 9.17) is 4.74 Å². The first-order valence-corrected chi connectivity index (χ1v) is 7.14. The van der Waals surface area contributed by atoms with E-state index in [9.17, 15) is 14.7 Å². The van der Waals surface area contributed by atoms with E-state index < -0.39 is 17.5 Å². The zero-order valence-electron chi connectivity index (χ0n) is 13.2. The molecule has 22 heavy (non-hydrogen) atoms. The van der Waals surface area contributed by atoms with Crippen molar-refractivity contribution in [3.63, 3.8) is 0 Å². The van der Waals surface area contributed by atoms with E-state index in [1.165, 1.54) is 5.01 Å². The van der Waals surface area contributed by atoms with Crippen LogP contribution in [0.4, 0.5) is 5.69 Å². The summed E-state index contributed by atoms with van der Waals surface area (Å²) in [5.41, 5.74) is 1.49. The van der Waals surface area contributed by atoms with Crippen LogP contribution in [-0.2, 0) is 14.3 Å². The summed E-state index contributed by atoms with van der Waals surface area (Å²) in [6.45, 7) is 7.35. The number of aryl methyl sites for hydroxylation is 2. The zero-order valence-corrected chi connectivity index (χ0v) is 13.2. The van der Waals surface area contributed by atoms with Crippen LogP contribution in [0.25, 0.3) is 0 Å². The molecule has 0 saturated heterocycles. The molecule has 0 spiro atoms. The molecule has 0 radical (unpaired) electrons. The Kier molecular flexibility index (Phi) is 4.21. The van der Waals surface area contributed by atoms with Crippen LogP contribution in [0, 0.1) is 13.8 Å². The number of hydrazone groups is 1. The monoisotopic (exact) mass is 304 g/mol. The minimum absolute atomic E-state index is 0.00809. The molecule has 1 aliphatic rings. The van der Waals surface area contributed by atoms with Crippen molar-refractivity contribution in [2.24, 2.45) is 5.10 Å². The number of carbonyl (C=O) groups excluding carboxylic acids is 1. The van der Waals surface area contributed by atoms with Crippen molar-refractivity contribution in [3.05, 3.63) is 29.3 Å². The smallest absolute Gasteiger partial charge is 0.354 e. The van der Waals surface area contributed by atoms with E-state index in [1.807, 2.05) is 32.0 Å². The number of hydrogen-bond acceptors (Lipinski definition) is 5. The maximum atomic E-state index is 11.9. The van der Waals surface area contributed by atoms with Gasteiger partial charge in [-0.15, -0.1) is 0 Å². The summed E-state index contributed by atoms with van der Waals surface area (Å²) < 4.78 is 4.94. The number of rotatable bonds is 4. The number of carboxylic acids is 1. The maximum Gasteiger partial charge on any atom is 0.354 e. The van der Waals surface area contributed by atoms with Gasteiger partial charge in [0.15, 0.2) is 5.54 Å². The second-order valence-electron chi connectivity index (χ2n) is 5.68. The van der Waals surface area contributed by atoms with Crippen LogP contribution in [0.2, 0.25) is 0 Å². The molecule has 118 valence electrons. The molecule has 0 bridgehead atoms. The summed E-state index contributed by atoms with van der Waals surface area (Å²) in [4.78, 5) is 23.6. The lowest BCUT2D eigenvalue weighted by molar-refractivity contribution is -0.142. The quantitative estimate of drug-likeness (QED) is 0.863. The minimum Gasteiger partial charge on any atom is -0.479 e. The van der Waals surface area contributed by atoms with Gasteiger partial charge in [-0.05, 0) is 51.0 Å². The molecule has 1 aliphatic heterocycles. The molecule has 0 amide bonds. The molecule has 0 aromatic heterocycles. The molecular weight excluding hydrogens is 284 g/mol. The number of carbonyl (C=O) groups is 2. The van der Waals surface area contributed by atoms with E-state index in [0.717, 1.165) is 11.1 Å². The Morgan fingerprint density at radius 1 is 1.32 bits per heavy atom. The van der Waals surface area contributed by atoms with Gasteiger partial charge in [-0.3, -0.25) is 0 Å². The average Bonchev–Trinajstić information content (AvgIpc) is 2.77. The Morgan fingerprint density at radius 3 is 2.41 bits per heavy atom. The SMILES string of the molecule is CCOC(=O)C1=NN(c2cc(C)cc(C)c2)[C@](C)(C(=O)O)C1. The number of carboxylic acid groups (broad SMARTS) is 1. The van der Waals surface area contributed by atoms with Gasteiger partial charge < -0.3 is 9.84 Å². The lowest BCUT2D eigenvalue weighted by atomic mass is 9.95. The second-order valence-corrected chi connectivity index (χ2v) is 5.68. The van der Waals surface area contributed by atoms with E-state index in [1.54, 1.807) is 13.8 Å². The normalized spacial score (nSPS) is 20.7. The molecule has 1 N–H and O–H groups in total. The number of hydrogen-bond donors (Lipinski definition) is 1. The third-order valence-electron chi connectivity index (χ3n) is 3.62. The molecule has 6 heteroatoms. The van der Waals surface area contributed by atoms with Crippen molar-refractivity contribution < 1.29 is 19.4 Å². The van der Waals surface area contributed by atoms with Crippen molar-refractivity contribution in [1.82, 2.24) is 0 Å². The van der Waals surface area contributed by atoms with Crippen LogP contribution in [0.3, 0.4) is 0 Å². The first-order valence-electron chi connectivity index (χ1n) is 7.14. The van der Waals surface area contributed by atoms with Crippen LogP contribution in [0.1, 0.15) is 31.4 Å². The largest absolute Gasteiger partial charge is 0.479 e. The Labute approximate surface area is 129 Å². The maximum absolute atomic E-state index is 11.9. The number of esters is 1. The number of ether oxygens (including phenoxy) is 1. The van der Waals surface area contributed by atoms with Crippen molar-refractivity contribution in [3.8, 4) is 0 Å². The molecule has 1 aromatic rings. The first kappa shape index (κ1) is 16.0. The molecule has 0 saturated carbocycles. The van der Waals surface area contributed by atoms with Crippen LogP contribution < -0.4 is 5.01 Å². The molecule has 1 aromatic carbocycles. The third-order valence-corrected chi connectivity index (χ3v) is 3.62. The minimum atomic E-state index is -1.30. The summed E-state index contributed by atoms with van der Waals surface area (Å²) in [7, 11) is 0. The zero-order chi connectivity index (χ0) is 16.5.